The van der Waals surface area contributed by atoms with Crippen LogP contribution in [0.1, 0.15) is 34.8 Å². The van der Waals surface area contributed by atoms with Crippen LogP contribution in [0.25, 0.3) is 0 Å². The van der Waals surface area contributed by atoms with E-state index in [1.54, 1.807) is 4.68 Å². The van der Waals surface area contributed by atoms with Gasteiger partial charge >= 0.3 is 0 Å². The third-order valence-electron chi connectivity index (χ3n) is 3.39. The molecule has 0 aliphatic rings. The van der Waals surface area contributed by atoms with Crippen LogP contribution in [0.3, 0.4) is 0 Å². The summed E-state index contributed by atoms with van der Waals surface area (Å²) in [5, 5.41) is 7.32. The summed E-state index contributed by atoms with van der Waals surface area (Å²) in [6.45, 7) is 5.87. The van der Waals surface area contributed by atoms with Crippen molar-refractivity contribution in [2.75, 3.05) is 0 Å². The Hall–Kier alpha value is -1.33. The molecule has 1 N–H and O–H groups in total. The summed E-state index contributed by atoms with van der Waals surface area (Å²) in [6.07, 6.45) is 0.356. The lowest BCUT2D eigenvalue weighted by atomic mass is 10.1. The first-order valence-electron chi connectivity index (χ1n) is 6.42. The van der Waals surface area contributed by atoms with Gasteiger partial charge in [0.25, 0.3) is 0 Å². The molecule has 2 aromatic rings. The number of hydrogen-bond acceptors (Lipinski definition) is 3. The molecule has 0 bridgehead atoms. The summed E-state index contributed by atoms with van der Waals surface area (Å²) in [6, 6.07) is 3.76. The van der Waals surface area contributed by atoms with Crippen LogP contribution in [0, 0.1) is 13.8 Å². The van der Waals surface area contributed by atoms with Gasteiger partial charge in [0, 0.05) is 23.2 Å². The van der Waals surface area contributed by atoms with Crippen LogP contribution in [0.15, 0.2) is 12.1 Å². The van der Waals surface area contributed by atoms with Crippen LogP contribution in [-0.4, -0.2) is 15.7 Å². The van der Waals surface area contributed by atoms with Gasteiger partial charge in [-0.2, -0.15) is 5.10 Å². The van der Waals surface area contributed by atoms with E-state index in [1.165, 1.54) is 11.3 Å². The maximum Gasteiger partial charge on any atom is 0.225 e. The standard InChI is InChI=1S/C14H18ClN3OS/c1-8-11(10(3)18(4)17-8)7-14(19)16-9(2)12-5-6-13(15)20-12/h5-6,9H,7H2,1-4H3,(H,16,19). The lowest BCUT2D eigenvalue weighted by Crippen LogP contribution is -2.28. The molecule has 0 radical (unpaired) electrons. The highest BCUT2D eigenvalue weighted by molar-refractivity contribution is 7.16. The Bertz CT molecular complexity index is 632. The zero-order valence-electron chi connectivity index (χ0n) is 12.0. The average Bonchev–Trinajstić information content (AvgIpc) is 2.89. The Labute approximate surface area is 127 Å². The number of aryl methyl sites for hydroxylation is 2. The topological polar surface area (TPSA) is 46.9 Å². The maximum atomic E-state index is 12.1. The van der Waals surface area contributed by atoms with Crippen molar-refractivity contribution in [3.05, 3.63) is 38.3 Å². The summed E-state index contributed by atoms with van der Waals surface area (Å²) in [5.41, 5.74) is 2.94. The summed E-state index contributed by atoms with van der Waals surface area (Å²) < 4.78 is 2.54. The number of amides is 1. The number of hydrogen-bond donors (Lipinski definition) is 1. The van der Waals surface area contributed by atoms with Crippen molar-refractivity contribution in [1.82, 2.24) is 15.1 Å². The lowest BCUT2D eigenvalue weighted by molar-refractivity contribution is -0.121. The maximum absolute atomic E-state index is 12.1. The van der Waals surface area contributed by atoms with Crippen LogP contribution in [-0.2, 0) is 18.3 Å². The predicted molar refractivity (Wildman–Crippen MR) is 82.3 cm³/mol. The largest absolute Gasteiger partial charge is 0.348 e. The fraction of sp³-hybridized carbons (Fsp3) is 0.429. The van der Waals surface area contributed by atoms with Crippen molar-refractivity contribution in [3.63, 3.8) is 0 Å². The van der Waals surface area contributed by atoms with Crippen LogP contribution in [0.5, 0.6) is 0 Å². The van der Waals surface area contributed by atoms with Crippen LogP contribution < -0.4 is 5.32 Å². The van der Waals surface area contributed by atoms with Gasteiger partial charge in [0.1, 0.15) is 0 Å². The minimum atomic E-state index is -0.0303. The molecule has 4 nitrogen and oxygen atoms in total. The number of nitrogens with one attached hydrogen (secondary N) is 1. The van der Waals surface area contributed by atoms with E-state index in [0.29, 0.717) is 6.42 Å². The van der Waals surface area contributed by atoms with Crippen molar-refractivity contribution in [1.29, 1.82) is 0 Å². The molecule has 0 aliphatic heterocycles. The predicted octanol–water partition coefficient (Wildman–Crippen LogP) is 3.17. The molecule has 1 amide bonds. The molecule has 0 saturated heterocycles. The van der Waals surface area contributed by atoms with E-state index in [0.717, 1.165) is 26.2 Å². The second kappa shape index (κ2) is 5.97. The van der Waals surface area contributed by atoms with Crippen molar-refractivity contribution >= 4 is 28.8 Å². The number of rotatable bonds is 4. The van der Waals surface area contributed by atoms with E-state index in [1.807, 2.05) is 40.0 Å². The monoisotopic (exact) mass is 311 g/mol. The van der Waals surface area contributed by atoms with Gasteiger partial charge in [-0.3, -0.25) is 9.48 Å². The van der Waals surface area contributed by atoms with Crippen molar-refractivity contribution in [2.45, 2.75) is 33.2 Å². The summed E-state index contributed by atoms with van der Waals surface area (Å²) in [4.78, 5) is 13.2. The highest BCUT2D eigenvalue weighted by Gasteiger charge is 2.16. The highest BCUT2D eigenvalue weighted by atomic mass is 35.5. The Balaban J connectivity index is 2.02. The number of halogens is 1. The zero-order valence-corrected chi connectivity index (χ0v) is 13.6. The van der Waals surface area contributed by atoms with Gasteiger partial charge in [0.2, 0.25) is 5.91 Å². The van der Waals surface area contributed by atoms with Gasteiger partial charge in [-0.25, -0.2) is 0 Å². The van der Waals surface area contributed by atoms with Gasteiger partial charge < -0.3 is 5.32 Å². The molecular weight excluding hydrogens is 294 g/mol. The fourth-order valence-corrected chi connectivity index (χ4v) is 3.22. The molecule has 0 saturated carbocycles. The first-order chi connectivity index (χ1) is 9.38. The third-order valence-corrected chi connectivity index (χ3v) is 4.81. The van der Waals surface area contributed by atoms with E-state index in [2.05, 4.69) is 10.4 Å². The molecule has 20 heavy (non-hydrogen) atoms. The molecule has 108 valence electrons. The van der Waals surface area contributed by atoms with Crippen LogP contribution in [0.4, 0.5) is 0 Å². The quantitative estimate of drug-likeness (QED) is 0.942. The Morgan fingerprint density at radius 2 is 2.20 bits per heavy atom. The van der Waals surface area contributed by atoms with Gasteiger partial charge in [-0.15, -0.1) is 11.3 Å². The fourth-order valence-electron chi connectivity index (χ4n) is 2.16. The van der Waals surface area contributed by atoms with Crippen LogP contribution in [0.2, 0.25) is 4.34 Å². The molecule has 0 fully saturated rings. The van der Waals surface area contributed by atoms with Crippen molar-refractivity contribution in [2.24, 2.45) is 7.05 Å². The molecule has 0 aliphatic carbocycles. The van der Waals surface area contributed by atoms with E-state index in [-0.39, 0.29) is 11.9 Å². The van der Waals surface area contributed by atoms with E-state index in [4.69, 9.17) is 11.6 Å². The molecule has 6 heteroatoms. The van der Waals surface area contributed by atoms with Crippen molar-refractivity contribution < 1.29 is 4.79 Å². The third kappa shape index (κ3) is 3.22. The average molecular weight is 312 g/mol. The Morgan fingerprint density at radius 3 is 2.70 bits per heavy atom. The smallest absolute Gasteiger partial charge is 0.225 e. The first kappa shape index (κ1) is 15.1. The molecule has 2 aromatic heterocycles. The molecular formula is C14H18ClN3OS. The second-order valence-corrected chi connectivity index (χ2v) is 6.63. The van der Waals surface area contributed by atoms with E-state index in [9.17, 15) is 4.79 Å². The second-order valence-electron chi connectivity index (χ2n) is 4.88. The number of nitrogens with zero attached hydrogens (tertiary/aromatic N) is 2. The molecule has 2 heterocycles. The van der Waals surface area contributed by atoms with Gasteiger partial charge in [-0.1, -0.05) is 11.6 Å². The lowest BCUT2D eigenvalue weighted by Gasteiger charge is -2.12. The van der Waals surface area contributed by atoms with Gasteiger partial charge in [0.15, 0.2) is 0 Å². The van der Waals surface area contributed by atoms with Gasteiger partial charge in [0.05, 0.1) is 22.5 Å². The SMILES string of the molecule is Cc1nn(C)c(C)c1CC(=O)NC(C)c1ccc(Cl)s1. The van der Waals surface area contributed by atoms with Crippen LogP contribution >= 0.6 is 22.9 Å². The number of carbonyl (C=O) groups is 1. The Morgan fingerprint density at radius 1 is 1.50 bits per heavy atom. The molecule has 1 atom stereocenters. The minimum Gasteiger partial charge on any atom is -0.348 e. The minimum absolute atomic E-state index is 0.00113. The number of aromatic nitrogens is 2. The molecule has 2 rings (SSSR count). The summed E-state index contributed by atoms with van der Waals surface area (Å²) >= 11 is 7.40. The van der Waals surface area contributed by atoms with Crippen molar-refractivity contribution in [3.8, 4) is 0 Å². The highest BCUT2D eigenvalue weighted by Crippen LogP contribution is 2.26. The molecule has 0 spiro atoms. The number of carbonyl (C=O) groups excluding carboxylic acids is 1. The summed E-state index contributed by atoms with van der Waals surface area (Å²) in [7, 11) is 1.89. The van der Waals surface area contributed by atoms with E-state index < -0.39 is 0 Å². The van der Waals surface area contributed by atoms with Gasteiger partial charge in [-0.05, 0) is 32.9 Å². The normalized spacial score (nSPS) is 12.4. The zero-order chi connectivity index (χ0) is 14.9. The summed E-state index contributed by atoms with van der Waals surface area (Å²) in [5.74, 6) is 0.00113. The first-order valence-corrected chi connectivity index (χ1v) is 7.61. The van der Waals surface area contributed by atoms with E-state index >= 15 is 0 Å². The molecule has 1 unspecified atom stereocenters. The number of thiophene rings is 1. The Kier molecular flexibility index (Phi) is 4.50. The molecule has 0 aromatic carbocycles.